The van der Waals surface area contributed by atoms with Crippen molar-refractivity contribution in [3.63, 3.8) is 0 Å². The van der Waals surface area contributed by atoms with Crippen LogP contribution >= 0.6 is 11.8 Å². The van der Waals surface area contributed by atoms with Crippen molar-refractivity contribution in [1.29, 1.82) is 0 Å². The molecule has 2 nitrogen and oxygen atoms in total. The standard InChI is InChI=1S/C16H23NOS/c1-13-6-5-7-14(10-13)11-19-12-16(18)17-15-8-3-2-4-9-15/h5-7,10,15H,2-4,8-9,11-12H2,1H3,(H,17,18). The molecule has 104 valence electrons. The van der Waals surface area contributed by atoms with Crippen LogP contribution < -0.4 is 5.32 Å². The fourth-order valence-corrected chi connectivity index (χ4v) is 3.37. The molecule has 0 saturated heterocycles. The molecule has 3 heteroatoms. The summed E-state index contributed by atoms with van der Waals surface area (Å²) in [6.45, 7) is 2.10. The highest BCUT2D eigenvalue weighted by atomic mass is 32.2. The molecular formula is C16H23NOS. The average Bonchev–Trinajstić information content (AvgIpc) is 2.40. The lowest BCUT2D eigenvalue weighted by Gasteiger charge is -2.22. The summed E-state index contributed by atoms with van der Waals surface area (Å²) >= 11 is 1.70. The van der Waals surface area contributed by atoms with E-state index in [4.69, 9.17) is 0 Å². The molecule has 0 radical (unpaired) electrons. The van der Waals surface area contributed by atoms with Crippen LogP contribution in [0.4, 0.5) is 0 Å². The SMILES string of the molecule is Cc1cccc(CSCC(=O)NC2CCCCC2)c1. The minimum Gasteiger partial charge on any atom is -0.353 e. The smallest absolute Gasteiger partial charge is 0.230 e. The van der Waals surface area contributed by atoms with E-state index in [1.807, 2.05) is 0 Å². The maximum absolute atomic E-state index is 11.8. The van der Waals surface area contributed by atoms with E-state index >= 15 is 0 Å². The summed E-state index contributed by atoms with van der Waals surface area (Å²) in [5.74, 6) is 1.69. The van der Waals surface area contributed by atoms with Gasteiger partial charge in [-0.1, -0.05) is 49.1 Å². The minimum atomic E-state index is 0.199. The molecular weight excluding hydrogens is 254 g/mol. The van der Waals surface area contributed by atoms with Gasteiger partial charge in [0.2, 0.25) is 5.91 Å². The van der Waals surface area contributed by atoms with Crippen molar-refractivity contribution >= 4 is 17.7 Å². The lowest BCUT2D eigenvalue weighted by Crippen LogP contribution is -2.37. The molecule has 1 fully saturated rings. The summed E-state index contributed by atoms with van der Waals surface area (Å²) in [4.78, 5) is 11.8. The molecule has 0 heterocycles. The molecule has 0 aliphatic heterocycles. The van der Waals surface area contributed by atoms with Crippen molar-refractivity contribution in [3.8, 4) is 0 Å². The zero-order valence-electron chi connectivity index (χ0n) is 11.7. The predicted molar refractivity (Wildman–Crippen MR) is 82.4 cm³/mol. The molecule has 1 aliphatic carbocycles. The Morgan fingerprint density at radius 1 is 1.32 bits per heavy atom. The number of aryl methyl sites for hydroxylation is 1. The number of nitrogens with one attached hydrogen (secondary N) is 1. The minimum absolute atomic E-state index is 0.199. The molecule has 1 saturated carbocycles. The van der Waals surface area contributed by atoms with Crippen molar-refractivity contribution < 1.29 is 4.79 Å². The maximum Gasteiger partial charge on any atom is 0.230 e. The second-order valence-electron chi connectivity index (χ2n) is 5.38. The molecule has 0 spiro atoms. The first-order valence-electron chi connectivity index (χ1n) is 7.17. The summed E-state index contributed by atoms with van der Waals surface area (Å²) in [5.41, 5.74) is 2.58. The molecule has 1 aromatic carbocycles. The highest BCUT2D eigenvalue weighted by Crippen LogP contribution is 2.18. The molecule has 0 atom stereocenters. The van der Waals surface area contributed by atoms with Gasteiger partial charge in [0, 0.05) is 11.8 Å². The van der Waals surface area contributed by atoms with E-state index in [0.29, 0.717) is 11.8 Å². The van der Waals surface area contributed by atoms with Gasteiger partial charge in [-0.05, 0) is 25.3 Å². The van der Waals surface area contributed by atoms with Gasteiger partial charge in [-0.2, -0.15) is 0 Å². The Morgan fingerprint density at radius 3 is 2.84 bits per heavy atom. The van der Waals surface area contributed by atoms with Gasteiger partial charge in [-0.15, -0.1) is 11.8 Å². The molecule has 0 aromatic heterocycles. The third-order valence-electron chi connectivity index (χ3n) is 3.55. The van der Waals surface area contributed by atoms with Crippen molar-refractivity contribution in [2.24, 2.45) is 0 Å². The van der Waals surface area contributed by atoms with Crippen LogP contribution in [0.5, 0.6) is 0 Å². The van der Waals surface area contributed by atoms with Crippen LogP contribution in [-0.2, 0) is 10.5 Å². The zero-order valence-corrected chi connectivity index (χ0v) is 12.5. The van der Waals surface area contributed by atoms with E-state index in [0.717, 1.165) is 18.6 Å². The summed E-state index contributed by atoms with van der Waals surface area (Å²) in [6, 6.07) is 8.92. The molecule has 0 bridgehead atoms. The molecule has 1 amide bonds. The number of carbonyl (C=O) groups is 1. The summed E-state index contributed by atoms with van der Waals surface area (Å²) in [6.07, 6.45) is 6.18. The molecule has 1 aromatic rings. The van der Waals surface area contributed by atoms with Crippen molar-refractivity contribution in [2.45, 2.75) is 50.8 Å². The van der Waals surface area contributed by atoms with Crippen LogP contribution in [0.15, 0.2) is 24.3 Å². The number of hydrogen-bond acceptors (Lipinski definition) is 2. The molecule has 0 unspecified atom stereocenters. The molecule has 19 heavy (non-hydrogen) atoms. The number of hydrogen-bond donors (Lipinski definition) is 1. The van der Waals surface area contributed by atoms with E-state index in [9.17, 15) is 4.79 Å². The first-order chi connectivity index (χ1) is 9.24. The van der Waals surface area contributed by atoms with E-state index in [1.54, 1.807) is 11.8 Å². The van der Waals surface area contributed by atoms with Crippen LogP contribution in [-0.4, -0.2) is 17.7 Å². The molecule has 1 N–H and O–H groups in total. The first kappa shape index (κ1) is 14.4. The van der Waals surface area contributed by atoms with Crippen LogP contribution in [0.2, 0.25) is 0 Å². The fourth-order valence-electron chi connectivity index (χ4n) is 2.58. The van der Waals surface area contributed by atoms with Gasteiger partial charge in [-0.25, -0.2) is 0 Å². The molecule has 2 rings (SSSR count). The largest absolute Gasteiger partial charge is 0.353 e. The van der Waals surface area contributed by atoms with Gasteiger partial charge in [-0.3, -0.25) is 4.79 Å². The van der Waals surface area contributed by atoms with Crippen LogP contribution in [0.1, 0.15) is 43.2 Å². The molecule has 1 aliphatic rings. The zero-order chi connectivity index (χ0) is 13.5. The third-order valence-corrected chi connectivity index (χ3v) is 4.56. The monoisotopic (exact) mass is 277 g/mol. The van der Waals surface area contributed by atoms with Gasteiger partial charge in [0.1, 0.15) is 0 Å². The highest BCUT2D eigenvalue weighted by Gasteiger charge is 2.15. The maximum atomic E-state index is 11.8. The predicted octanol–water partition coefficient (Wildman–Crippen LogP) is 3.68. The second-order valence-corrected chi connectivity index (χ2v) is 6.37. The normalized spacial score (nSPS) is 16.3. The Labute approximate surface area is 120 Å². The second kappa shape index (κ2) is 7.59. The number of benzene rings is 1. The van der Waals surface area contributed by atoms with Gasteiger partial charge >= 0.3 is 0 Å². The lowest BCUT2D eigenvalue weighted by atomic mass is 9.95. The van der Waals surface area contributed by atoms with Crippen molar-refractivity contribution in [3.05, 3.63) is 35.4 Å². The lowest BCUT2D eigenvalue weighted by molar-refractivity contribution is -0.119. The Bertz CT molecular complexity index is 413. The number of thioether (sulfide) groups is 1. The van der Waals surface area contributed by atoms with E-state index < -0.39 is 0 Å². The van der Waals surface area contributed by atoms with E-state index in [2.05, 4.69) is 36.5 Å². The van der Waals surface area contributed by atoms with Gasteiger partial charge < -0.3 is 5.32 Å². The Hall–Kier alpha value is -0.960. The van der Waals surface area contributed by atoms with Crippen molar-refractivity contribution in [2.75, 3.05) is 5.75 Å². The fraction of sp³-hybridized carbons (Fsp3) is 0.562. The van der Waals surface area contributed by atoms with Crippen LogP contribution in [0.25, 0.3) is 0 Å². The van der Waals surface area contributed by atoms with Crippen LogP contribution in [0.3, 0.4) is 0 Å². The Morgan fingerprint density at radius 2 is 2.11 bits per heavy atom. The van der Waals surface area contributed by atoms with Gasteiger partial charge in [0.25, 0.3) is 0 Å². The van der Waals surface area contributed by atoms with Gasteiger partial charge in [0.05, 0.1) is 5.75 Å². The Balaban J connectivity index is 1.66. The van der Waals surface area contributed by atoms with E-state index in [1.165, 1.54) is 30.4 Å². The van der Waals surface area contributed by atoms with E-state index in [-0.39, 0.29) is 5.91 Å². The highest BCUT2D eigenvalue weighted by molar-refractivity contribution is 7.99. The summed E-state index contributed by atoms with van der Waals surface area (Å²) in [7, 11) is 0. The quantitative estimate of drug-likeness (QED) is 0.889. The first-order valence-corrected chi connectivity index (χ1v) is 8.32. The van der Waals surface area contributed by atoms with Gasteiger partial charge in [0.15, 0.2) is 0 Å². The average molecular weight is 277 g/mol. The number of amides is 1. The van der Waals surface area contributed by atoms with Crippen molar-refractivity contribution in [1.82, 2.24) is 5.32 Å². The third kappa shape index (κ3) is 5.27. The summed E-state index contributed by atoms with van der Waals surface area (Å²) in [5, 5.41) is 3.16. The topological polar surface area (TPSA) is 29.1 Å². The number of carbonyl (C=O) groups excluding carboxylic acids is 1. The summed E-state index contributed by atoms with van der Waals surface area (Å²) < 4.78 is 0. The Kier molecular flexibility index (Phi) is 5.77. The number of rotatable bonds is 5. The van der Waals surface area contributed by atoms with Crippen LogP contribution in [0, 0.1) is 6.92 Å².